The zero-order chi connectivity index (χ0) is 25.1. The number of ketones is 1. The Hall–Kier alpha value is -4.65. The van der Waals surface area contributed by atoms with Crippen LogP contribution in [0.4, 0.5) is 0 Å². The number of carbonyl (C=O) groups is 2. The van der Waals surface area contributed by atoms with Crippen molar-refractivity contribution in [3.8, 4) is 5.75 Å². The van der Waals surface area contributed by atoms with Crippen molar-refractivity contribution in [2.45, 2.75) is 26.1 Å². The Morgan fingerprint density at radius 1 is 1.03 bits per heavy atom. The lowest BCUT2D eigenvalue weighted by Crippen LogP contribution is -2.29. The van der Waals surface area contributed by atoms with Crippen molar-refractivity contribution in [3.05, 3.63) is 125 Å². The molecule has 1 amide bonds. The molecule has 180 valence electrons. The number of benzene rings is 2. The first kappa shape index (κ1) is 23.1. The van der Waals surface area contributed by atoms with Crippen molar-refractivity contribution >= 4 is 17.4 Å². The highest BCUT2D eigenvalue weighted by Gasteiger charge is 2.46. The number of ether oxygens (including phenoxy) is 1. The normalized spacial score (nSPS) is 16.9. The number of aromatic nitrogens is 1. The number of rotatable bonds is 7. The molecule has 7 heteroatoms. The first-order valence-electron chi connectivity index (χ1n) is 11.5. The molecule has 0 spiro atoms. The zero-order valence-electron chi connectivity index (χ0n) is 19.6. The summed E-state index contributed by atoms with van der Waals surface area (Å²) in [6.45, 7) is 2.52. The minimum Gasteiger partial charge on any atom is -0.507 e. The number of pyridine rings is 1. The van der Waals surface area contributed by atoms with E-state index in [0.717, 1.165) is 11.1 Å². The van der Waals surface area contributed by atoms with Gasteiger partial charge in [0.25, 0.3) is 11.7 Å². The van der Waals surface area contributed by atoms with Gasteiger partial charge in [0.1, 0.15) is 23.9 Å². The van der Waals surface area contributed by atoms with E-state index in [1.807, 2.05) is 31.2 Å². The molecule has 2 aromatic carbocycles. The van der Waals surface area contributed by atoms with Crippen LogP contribution in [-0.2, 0) is 22.7 Å². The lowest BCUT2D eigenvalue weighted by Gasteiger charge is -2.24. The van der Waals surface area contributed by atoms with E-state index in [-0.39, 0.29) is 17.9 Å². The van der Waals surface area contributed by atoms with E-state index in [1.165, 1.54) is 11.2 Å². The number of aliphatic hydroxyl groups is 1. The van der Waals surface area contributed by atoms with Gasteiger partial charge in [-0.2, -0.15) is 0 Å². The summed E-state index contributed by atoms with van der Waals surface area (Å²) in [5.74, 6) is -0.569. The average Bonchev–Trinajstić information content (AvgIpc) is 3.51. The van der Waals surface area contributed by atoms with E-state index in [2.05, 4.69) is 4.98 Å². The third-order valence-corrected chi connectivity index (χ3v) is 6.23. The Balaban J connectivity index is 1.46. The number of nitrogens with zero attached hydrogens (tertiary/aromatic N) is 2. The van der Waals surface area contributed by atoms with Crippen molar-refractivity contribution in [2.75, 3.05) is 0 Å². The number of hydrogen-bond acceptors (Lipinski definition) is 6. The van der Waals surface area contributed by atoms with Gasteiger partial charge in [-0.15, -0.1) is 0 Å². The molecule has 36 heavy (non-hydrogen) atoms. The highest BCUT2D eigenvalue weighted by atomic mass is 16.5. The summed E-state index contributed by atoms with van der Waals surface area (Å²) < 4.78 is 11.3. The Morgan fingerprint density at radius 3 is 2.53 bits per heavy atom. The van der Waals surface area contributed by atoms with Crippen molar-refractivity contribution in [1.82, 2.24) is 9.88 Å². The van der Waals surface area contributed by atoms with Gasteiger partial charge >= 0.3 is 0 Å². The molecule has 1 aliphatic heterocycles. The van der Waals surface area contributed by atoms with Crippen LogP contribution < -0.4 is 4.74 Å². The third kappa shape index (κ3) is 4.51. The molecule has 0 aliphatic carbocycles. The second kappa shape index (κ2) is 9.92. The van der Waals surface area contributed by atoms with Gasteiger partial charge in [0, 0.05) is 18.0 Å². The maximum absolute atomic E-state index is 13.1. The predicted molar refractivity (Wildman–Crippen MR) is 133 cm³/mol. The van der Waals surface area contributed by atoms with E-state index in [0.29, 0.717) is 29.2 Å². The van der Waals surface area contributed by atoms with Crippen molar-refractivity contribution in [3.63, 3.8) is 0 Å². The van der Waals surface area contributed by atoms with Crippen molar-refractivity contribution in [2.24, 2.45) is 0 Å². The molecule has 1 N–H and O–H groups in total. The molecular formula is C29H24N2O5. The molecule has 3 heterocycles. The van der Waals surface area contributed by atoms with Gasteiger partial charge in [-0.05, 0) is 66.1 Å². The standard InChI is InChI=1S/C29H24N2O5/c1-19-6-2-3-7-22(19)18-36-23-12-10-20(11-13-23)27(32)25-26(21-8-4-14-30-16-21)31(29(34)28(25)33)17-24-9-5-15-35-24/h2-16,26,32H,17-18H2,1H3/b27-25+/t26-/m0/s1. The van der Waals surface area contributed by atoms with Crippen molar-refractivity contribution < 1.29 is 23.8 Å². The van der Waals surface area contributed by atoms with E-state index in [1.54, 1.807) is 60.9 Å². The van der Waals surface area contributed by atoms with Gasteiger partial charge in [0.15, 0.2) is 0 Å². The van der Waals surface area contributed by atoms with E-state index >= 15 is 0 Å². The molecule has 0 unspecified atom stereocenters. The van der Waals surface area contributed by atoms with Gasteiger partial charge in [-0.1, -0.05) is 30.3 Å². The molecule has 5 rings (SSSR count). The summed E-state index contributed by atoms with van der Waals surface area (Å²) in [5.41, 5.74) is 3.25. The van der Waals surface area contributed by atoms with Gasteiger partial charge in [-0.3, -0.25) is 14.6 Å². The third-order valence-electron chi connectivity index (χ3n) is 6.23. The Kier molecular flexibility index (Phi) is 6.36. The second-order valence-corrected chi connectivity index (χ2v) is 8.53. The summed E-state index contributed by atoms with van der Waals surface area (Å²) in [7, 11) is 0. The van der Waals surface area contributed by atoms with Crippen LogP contribution in [-0.4, -0.2) is 26.7 Å². The molecule has 0 saturated carbocycles. The van der Waals surface area contributed by atoms with Crippen LogP contribution in [0.25, 0.3) is 5.76 Å². The van der Waals surface area contributed by atoms with E-state index < -0.39 is 17.7 Å². The van der Waals surface area contributed by atoms with Gasteiger partial charge in [0.05, 0.1) is 24.4 Å². The monoisotopic (exact) mass is 480 g/mol. The number of likely N-dealkylation sites (tertiary alicyclic amines) is 1. The lowest BCUT2D eigenvalue weighted by atomic mass is 9.96. The SMILES string of the molecule is Cc1ccccc1COc1ccc(/C(O)=C2\C(=O)C(=O)N(Cc3ccco3)[C@H]2c2cccnc2)cc1. The van der Waals surface area contributed by atoms with Crippen LogP contribution in [0.5, 0.6) is 5.75 Å². The van der Waals surface area contributed by atoms with Gasteiger partial charge < -0.3 is 19.2 Å². The van der Waals surface area contributed by atoms with E-state index in [9.17, 15) is 14.7 Å². The number of carbonyl (C=O) groups excluding carboxylic acids is 2. The lowest BCUT2D eigenvalue weighted by molar-refractivity contribution is -0.140. The first-order valence-corrected chi connectivity index (χ1v) is 11.5. The van der Waals surface area contributed by atoms with Crippen LogP contribution >= 0.6 is 0 Å². The summed E-state index contributed by atoms with van der Waals surface area (Å²) in [4.78, 5) is 31.7. The minimum absolute atomic E-state index is 0.00753. The molecule has 1 saturated heterocycles. The highest BCUT2D eigenvalue weighted by molar-refractivity contribution is 6.46. The number of furan rings is 1. The summed E-state index contributed by atoms with van der Waals surface area (Å²) >= 11 is 0. The quantitative estimate of drug-likeness (QED) is 0.222. The molecule has 0 bridgehead atoms. The molecule has 1 aliphatic rings. The van der Waals surface area contributed by atoms with Crippen LogP contribution in [0.3, 0.4) is 0 Å². The molecule has 1 atom stereocenters. The van der Waals surface area contributed by atoms with Crippen LogP contribution in [0.15, 0.2) is 101 Å². The minimum atomic E-state index is -0.805. The number of hydrogen-bond donors (Lipinski definition) is 1. The van der Waals surface area contributed by atoms with Crippen LogP contribution in [0.2, 0.25) is 0 Å². The number of aliphatic hydroxyl groups excluding tert-OH is 1. The molecule has 7 nitrogen and oxygen atoms in total. The average molecular weight is 481 g/mol. The highest BCUT2D eigenvalue weighted by Crippen LogP contribution is 2.40. The van der Waals surface area contributed by atoms with Crippen LogP contribution in [0, 0.1) is 6.92 Å². The second-order valence-electron chi connectivity index (χ2n) is 8.53. The van der Waals surface area contributed by atoms with Crippen molar-refractivity contribution in [1.29, 1.82) is 0 Å². The number of aryl methyl sites for hydroxylation is 1. The van der Waals surface area contributed by atoms with Crippen LogP contribution in [0.1, 0.15) is 34.1 Å². The molecular weight excluding hydrogens is 456 g/mol. The number of amides is 1. The summed E-state index contributed by atoms with van der Waals surface area (Å²) in [6, 6.07) is 20.9. The topological polar surface area (TPSA) is 92.9 Å². The zero-order valence-corrected chi connectivity index (χ0v) is 19.6. The largest absolute Gasteiger partial charge is 0.507 e. The summed E-state index contributed by atoms with van der Waals surface area (Å²) in [6.07, 6.45) is 4.70. The summed E-state index contributed by atoms with van der Waals surface area (Å²) in [5, 5.41) is 11.2. The maximum atomic E-state index is 13.1. The fourth-order valence-electron chi connectivity index (χ4n) is 4.30. The smallest absolute Gasteiger partial charge is 0.296 e. The Labute approximate surface area is 208 Å². The fourth-order valence-corrected chi connectivity index (χ4v) is 4.30. The van der Waals surface area contributed by atoms with E-state index in [4.69, 9.17) is 9.15 Å². The Morgan fingerprint density at radius 2 is 1.83 bits per heavy atom. The molecule has 4 aromatic rings. The predicted octanol–water partition coefficient (Wildman–Crippen LogP) is 5.18. The number of Topliss-reactive ketones (excluding diaryl/α,β-unsaturated/α-hetero) is 1. The first-order chi connectivity index (χ1) is 17.5. The molecule has 1 fully saturated rings. The molecule has 2 aromatic heterocycles. The van der Waals surface area contributed by atoms with Gasteiger partial charge in [-0.25, -0.2) is 0 Å². The van der Waals surface area contributed by atoms with Gasteiger partial charge in [0.2, 0.25) is 0 Å². The fraction of sp³-hybridized carbons (Fsp3) is 0.138. The molecule has 0 radical (unpaired) electrons. The Bertz CT molecular complexity index is 1410. The maximum Gasteiger partial charge on any atom is 0.296 e.